The van der Waals surface area contributed by atoms with Crippen LogP contribution in [0.5, 0.6) is 0 Å². The SMILES string of the molecule is Cc1ccc(SCC(O)c2ccnn2C)cc1. The molecule has 1 aromatic carbocycles. The highest BCUT2D eigenvalue weighted by Crippen LogP contribution is 2.24. The molecule has 0 spiro atoms. The summed E-state index contributed by atoms with van der Waals surface area (Å²) in [5.41, 5.74) is 2.10. The first-order valence-electron chi connectivity index (χ1n) is 5.52. The van der Waals surface area contributed by atoms with Gasteiger partial charge in [0.25, 0.3) is 0 Å². The topological polar surface area (TPSA) is 38.1 Å². The Balaban J connectivity index is 1.94. The van der Waals surface area contributed by atoms with Crippen LogP contribution in [0.3, 0.4) is 0 Å². The van der Waals surface area contributed by atoms with Crippen molar-refractivity contribution in [3.8, 4) is 0 Å². The van der Waals surface area contributed by atoms with Crippen LogP contribution in [-0.2, 0) is 7.05 Å². The molecule has 0 saturated heterocycles. The van der Waals surface area contributed by atoms with E-state index in [4.69, 9.17) is 0 Å². The molecule has 2 rings (SSSR count). The number of benzene rings is 1. The van der Waals surface area contributed by atoms with Gasteiger partial charge in [-0.3, -0.25) is 4.68 Å². The Kier molecular flexibility index (Phi) is 3.86. The van der Waals surface area contributed by atoms with Gasteiger partial charge in [-0.15, -0.1) is 11.8 Å². The molecule has 4 heteroatoms. The minimum Gasteiger partial charge on any atom is -0.386 e. The molecule has 0 saturated carbocycles. The number of hydrogen-bond acceptors (Lipinski definition) is 3. The molecule has 0 aliphatic carbocycles. The molecule has 1 N–H and O–H groups in total. The maximum atomic E-state index is 10.0. The van der Waals surface area contributed by atoms with E-state index in [1.807, 2.05) is 13.1 Å². The summed E-state index contributed by atoms with van der Waals surface area (Å²) < 4.78 is 1.71. The first-order chi connectivity index (χ1) is 8.16. The average Bonchev–Trinajstić information content (AvgIpc) is 2.74. The quantitative estimate of drug-likeness (QED) is 0.845. The van der Waals surface area contributed by atoms with Crippen LogP contribution in [0.1, 0.15) is 17.4 Å². The van der Waals surface area contributed by atoms with E-state index in [1.54, 1.807) is 22.6 Å². The van der Waals surface area contributed by atoms with Gasteiger partial charge < -0.3 is 5.11 Å². The molecule has 90 valence electrons. The standard InChI is InChI=1S/C13H16N2OS/c1-10-3-5-11(6-4-10)17-9-13(16)12-7-8-14-15(12)2/h3-8,13,16H,9H2,1-2H3. The van der Waals surface area contributed by atoms with Gasteiger partial charge in [0.05, 0.1) is 5.69 Å². The molecular formula is C13H16N2OS. The smallest absolute Gasteiger partial charge is 0.105 e. The summed E-state index contributed by atoms with van der Waals surface area (Å²) in [6.45, 7) is 2.07. The van der Waals surface area contributed by atoms with Crippen molar-refractivity contribution in [2.75, 3.05) is 5.75 Å². The van der Waals surface area contributed by atoms with Crippen molar-refractivity contribution in [3.63, 3.8) is 0 Å². The number of rotatable bonds is 4. The van der Waals surface area contributed by atoms with Crippen molar-refractivity contribution < 1.29 is 5.11 Å². The Morgan fingerprint density at radius 2 is 2.00 bits per heavy atom. The van der Waals surface area contributed by atoms with Gasteiger partial charge in [-0.2, -0.15) is 5.10 Å². The zero-order valence-corrected chi connectivity index (χ0v) is 10.8. The van der Waals surface area contributed by atoms with Crippen molar-refractivity contribution >= 4 is 11.8 Å². The van der Waals surface area contributed by atoms with Gasteiger partial charge in [0.15, 0.2) is 0 Å². The molecule has 1 aromatic heterocycles. The van der Waals surface area contributed by atoms with Gasteiger partial charge in [-0.05, 0) is 25.1 Å². The monoisotopic (exact) mass is 248 g/mol. The summed E-state index contributed by atoms with van der Waals surface area (Å²) in [6.07, 6.45) is 1.23. The minimum absolute atomic E-state index is 0.478. The van der Waals surface area contributed by atoms with Crippen LogP contribution in [0.2, 0.25) is 0 Å². The number of aliphatic hydroxyl groups excluding tert-OH is 1. The van der Waals surface area contributed by atoms with Gasteiger partial charge in [0.2, 0.25) is 0 Å². The first-order valence-corrected chi connectivity index (χ1v) is 6.51. The molecule has 1 unspecified atom stereocenters. The van der Waals surface area contributed by atoms with E-state index in [1.165, 1.54) is 10.5 Å². The molecular weight excluding hydrogens is 232 g/mol. The lowest BCUT2D eigenvalue weighted by molar-refractivity contribution is 0.193. The maximum absolute atomic E-state index is 10.0. The largest absolute Gasteiger partial charge is 0.386 e. The number of aliphatic hydroxyl groups is 1. The van der Waals surface area contributed by atoms with Crippen molar-refractivity contribution in [1.29, 1.82) is 0 Å². The number of aryl methyl sites for hydroxylation is 2. The molecule has 0 radical (unpaired) electrons. The highest BCUT2D eigenvalue weighted by molar-refractivity contribution is 7.99. The van der Waals surface area contributed by atoms with E-state index >= 15 is 0 Å². The van der Waals surface area contributed by atoms with E-state index in [0.717, 1.165) is 5.69 Å². The lowest BCUT2D eigenvalue weighted by atomic mass is 10.2. The average molecular weight is 248 g/mol. The van der Waals surface area contributed by atoms with Crippen LogP contribution in [-0.4, -0.2) is 20.6 Å². The number of thioether (sulfide) groups is 1. The predicted octanol–water partition coefficient (Wildman–Crippen LogP) is 2.55. The Morgan fingerprint density at radius 3 is 2.59 bits per heavy atom. The Hall–Kier alpha value is -1.26. The van der Waals surface area contributed by atoms with E-state index in [-0.39, 0.29) is 0 Å². The third-order valence-electron chi connectivity index (χ3n) is 2.63. The minimum atomic E-state index is -0.478. The van der Waals surface area contributed by atoms with Gasteiger partial charge >= 0.3 is 0 Å². The summed E-state index contributed by atoms with van der Waals surface area (Å²) in [4.78, 5) is 1.18. The summed E-state index contributed by atoms with van der Waals surface area (Å²) in [6, 6.07) is 10.2. The fraction of sp³-hybridized carbons (Fsp3) is 0.308. The highest BCUT2D eigenvalue weighted by atomic mass is 32.2. The van der Waals surface area contributed by atoms with Crippen LogP contribution >= 0.6 is 11.8 Å². The molecule has 2 aromatic rings. The first kappa shape index (κ1) is 12.2. The summed E-state index contributed by atoms with van der Waals surface area (Å²) in [5, 5.41) is 14.1. The molecule has 0 aliphatic rings. The Morgan fingerprint density at radius 1 is 1.29 bits per heavy atom. The van der Waals surface area contributed by atoms with Crippen LogP contribution in [0, 0.1) is 6.92 Å². The second kappa shape index (κ2) is 5.38. The number of aromatic nitrogens is 2. The molecule has 0 bridgehead atoms. The fourth-order valence-corrected chi connectivity index (χ4v) is 2.46. The highest BCUT2D eigenvalue weighted by Gasteiger charge is 2.11. The van der Waals surface area contributed by atoms with Crippen LogP contribution in [0.4, 0.5) is 0 Å². The van der Waals surface area contributed by atoms with Crippen LogP contribution < -0.4 is 0 Å². The lowest BCUT2D eigenvalue weighted by Crippen LogP contribution is -2.07. The van der Waals surface area contributed by atoms with E-state index in [9.17, 15) is 5.11 Å². The maximum Gasteiger partial charge on any atom is 0.105 e. The molecule has 3 nitrogen and oxygen atoms in total. The second-order valence-corrected chi connectivity index (χ2v) is 5.11. The van der Waals surface area contributed by atoms with Crippen molar-refractivity contribution in [2.24, 2.45) is 7.05 Å². The molecule has 0 amide bonds. The number of hydrogen-bond donors (Lipinski definition) is 1. The molecule has 1 atom stereocenters. The summed E-state index contributed by atoms with van der Waals surface area (Å²) in [5.74, 6) is 0.641. The zero-order chi connectivity index (χ0) is 12.3. The van der Waals surface area contributed by atoms with Gasteiger partial charge in [-0.25, -0.2) is 0 Å². The fourth-order valence-electron chi connectivity index (χ4n) is 1.61. The predicted molar refractivity (Wildman–Crippen MR) is 70.1 cm³/mol. The normalized spacial score (nSPS) is 12.6. The molecule has 0 aliphatic heterocycles. The van der Waals surface area contributed by atoms with E-state index in [2.05, 4.69) is 36.3 Å². The van der Waals surface area contributed by atoms with Crippen molar-refractivity contribution in [2.45, 2.75) is 17.9 Å². The molecule has 1 heterocycles. The third kappa shape index (κ3) is 3.11. The van der Waals surface area contributed by atoms with Crippen LogP contribution in [0.25, 0.3) is 0 Å². The zero-order valence-electron chi connectivity index (χ0n) is 10.00. The van der Waals surface area contributed by atoms with Gasteiger partial charge in [-0.1, -0.05) is 17.7 Å². The number of nitrogens with zero attached hydrogens (tertiary/aromatic N) is 2. The second-order valence-electron chi connectivity index (χ2n) is 4.02. The van der Waals surface area contributed by atoms with E-state index < -0.39 is 6.10 Å². The Labute approximate surface area is 105 Å². The van der Waals surface area contributed by atoms with E-state index in [0.29, 0.717) is 5.75 Å². The molecule has 0 fully saturated rings. The van der Waals surface area contributed by atoms with Crippen LogP contribution in [0.15, 0.2) is 41.4 Å². The van der Waals surface area contributed by atoms with Crippen molar-refractivity contribution in [3.05, 3.63) is 47.8 Å². The molecule has 17 heavy (non-hydrogen) atoms. The Bertz CT molecular complexity index is 478. The summed E-state index contributed by atoms with van der Waals surface area (Å²) >= 11 is 1.65. The van der Waals surface area contributed by atoms with Gasteiger partial charge in [0, 0.05) is 23.9 Å². The van der Waals surface area contributed by atoms with Gasteiger partial charge in [0.1, 0.15) is 6.10 Å². The van der Waals surface area contributed by atoms with Crippen molar-refractivity contribution in [1.82, 2.24) is 9.78 Å². The third-order valence-corrected chi connectivity index (χ3v) is 3.72. The summed E-state index contributed by atoms with van der Waals surface area (Å²) in [7, 11) is 1.84. The lowest BCUT2D eigenvalue weighted by Gasteiger charge is -2.10.